The van der Waals surface area contributed by atoms with Gasteiger partial charge in [-0.05, 0) is 52.9 Å². The second kappa shape index (κ2) is 9.03. The van der Waals surface area contributed by atoms with Crippen LogP contribution < -0.4 is 9.62 Å². The second-order valence-corrected chi connectivity index (χ2v) is 9.08. The maximum atomic E-state index is 12.9. The Balaban J connectivity index is 1.34. The third-order valence-corrected chi connectivity index (χ3v) is 6.87. The van der Waals surface area contributed by atoms with Crippen LogP contribution in [0.5, 0.6) is 0 Å². The molecule has 0 fully saturated rings. The van der Waals surface area contributed by atoms with Crippen LogP contribution in [0, 0.1) is 0 Å². The van der Waals surface area contributed by atoms with Gasteiger partial charge in [0, 0.05) is 36.6 Å². The van der Waals surface area contributed by atoms with Crippen LogP contribution in [-0.4, -0.2) is 20.9 Å². The molecule has 4 aromatic rings. The van der Waals surface area contributed by atoms with Crippen LogP contribution in [0.4, 0.5) is 24.1 Å². The topological polar surface area (TPSA) is 53.9 Å². The van der Waals surface area contributed by atoms with Crippen molar-refractivity contribution in [1.29, 1.82) is 0 Å². The number of pyridine rings is 1. The van der Waals surface area contributed by atoms with Gasteiger partial charge in [-0.25, -0.2) is 9.97 Å². The first-order valence-corrected chi connectivity index (χ1v) is 11.8. The van der Waals surface area contributed by atoms with E-state index in [0.29, 0.717) is 6.54 Å². The van der Waals surface area contributed by atoms with E-state index in [-0.39, 0.29) is 0 Å². The van der Waals surface area contributed by atoms with Gasteiger partial charge in [-0.1, -0.05) is 36.4 Å². The molecule has 2 aromatic heterocycles. The number of hydrogen-bond donors (Lipinski definition) is 1. The van der Waals surface area contributed by atoms with Crippen molar-refractivity contribution in [2.75, 3.05) is 16.2 Å². The summed E-state index contributed by atoms with van der Waals surface area (Å²) in [5, 5.41) is 1.54. The van der Waals surface area contributed by atoms with Gasteiger partial charge in [-0.15, -0.1) is 0 Å². The number of anilines is 2. The van der Waals surface area contributed by atoms with Crippen LogP contribution in [0.25, 0.3) is 11.1 Å². The minimum Gasteiger partial charge on any atom is -0.352 e. The van der Waals surface area contributed by atoms with E-state index in [4.69, 9.17) is 4.98 Å². The fourth-order valence-corrected chi connectivity index (χ4v) is 4.96. The predicted octanol–water partition coefficient (Wildman–Crippen LogP) is 6.30. The highest BCUT2D eigenvalue weighted by atomic mass is 32.2. The highest BCUT2D eigenvalue weighted by Gasteiger charge is 2.30. The Morgan fingerprint density at radius 3 is 2.58 bits per heavy atom. The maximum Gasteiger partial charge on any atom is 0.416 e. The summed E-state index contributed by atoms with van der Waals surface area (Å²) in [5.41, 5.74) is 3.49. The summed E-state index contributed by atoms with van der Waals surface area (Å²) >= 11 is 2.67. The van der Waals surface area contributed by atoms with Gasteiger partial charge in [0.05, 0.1) is 5.56 Å². The van der Waals surface area contributed by atoms with Gasteiger partial charge >= 0.3 is 6.18 Å². The molecule has 0 aliphatic carbocycles. The quantitative estimate of drug-likeness (QED) is 0.335. The van der Waals surface area contributed by atoms with Gasteiger partial charge in [0.1, 0.15) is 17.2 Å². The molecule has 168 valence electrons. The molecule has 0 saturated carbocycles. The Kier molecular flexibility index (Phi) is 5.94. The van der Waals surface area contributed by atoms with E-state index in [1.807, 2.05) is 30.3 Å². The van der Waals surface area contributed by atoms with Crippen LogP contribution in [0.1, 0.15) is 16.7 Å². The van der Waals surface area contributed by atoms with Crippen molar-refractivity contribution in [2.24, 2.45) is 0 Å². The lowest BCUT2D eigenvalue weighted by Gasteiger charge is -2.31. The van der Waals surface area contributed by atoms with E-state index in [1.54, 1.807) is 12.1 Å². The molecule has 0 spiro atoms. The smallest absolute Gasteiger partial charge is 0.352 e. The highest BCUT2D eigenvalue weighted by Crippen LogP contribution is 2.35. The Hall–Kier alpha value is -3.11. The Bertz CT molecular complexity index is 1240. The molecule has 0 saturated heterocycles. The number of nitrogens with zero attached hydrogens (tertiary/aromatic N) is 4. The number of alkyl halides is 3. The molecule has 5 nitrogen and oxygen atoms in total. The molecule has 0 amide bonds. The fraction of sp³-hybridized carbons (Fsp3) is 0.174. The number of aromatic nitrogens is 3. The molecular weight excluding hydrogens is 467 g/mol. The summed E-state index contributed by atoms with van der Waals surface area (Å²) in [7, 11) is 0. The van der Waals surface area contributed by atoms with Crippen molar-refractivity contribution in [2.45, 2.75) is 24.2 Å². The molecule has 33 heavy (non-hydrogen) atoms. The molecule has 0 bridgehead atoms. The van der Waals surface area contributed by atoms with E-state index < -0.39 is 11.7 Å². The van der Waals surface area contributed by atoms with Crippen molar-refractivity contribution < 1.29 is 13.2 Å². The zero-order chi connectivity index (χ0) is 22.8. The highest BCUT2D eigenvalue weighted by molar-refractivity contribution is 8.00. The third-order valence-electron chi connectivity index (χ3n) is 5.43. The maximum absolute atomic E-state index is 12.9. The number of nitrogens with one attached hydrogen (secondary N) is 1. The predicted molar refractivity (Wildman–Crippen MR) is 125 cm³/mol. The Labute approximate surface area is 197 Å². The lowest BCUT2D eigenvalue weighted by Crippen LogP contribution is -2.31. The summed E-state index contributed by atoms with van der Waals surface area (Å²) in [4.78, 5) is 11.1. The van der Waals surface area contributed by atoms with Gasteiger partial charge in [0.15, 0.2) is 0 Å². The molecule has 1 aliphatic rings. The molecule has 1 aliphatic heterocycles. The average molecular weight is 486 g/mol. The van der Waals surface area contributed by atoms with Crippen molar-refractivity contribution in [3.05, 3.63) is 83.7 Å². The monoisotopic (exact) mass is 485 g/mol. The first-order valence-electron chi connectivity index (χ1n) is 10.2. The van der Waals surface area contributed by atoms with Crippen molar-refractivity contribution >= 4 is 34.4 Å². The molecular formula is C23H18F3N5S2. The normalized spacial score (nSPS) is 13.6. The third kappa shape index (κ3) is 4.81. The van der Waals surface area contributed by atoms with E-state index >= 15 is 0 Å². The van der Waals surface area contributed by atoms with Gasteiger partial charge in [-0.3, -0.25) is 4.72 Å². The van der Waals surface area contributed by atoms with Crippen LogP contribution in [-0.2, 0) is 19.1 Å². The molecule has 10 heteroatoms. The SMILES string of the molecule is FC(F)(F)c1ccc(-c2cccc3c2CCN(c2cccc(SNc4ncns4)n2)C3)cc1. The van der Waals surface area contributed by atoms with Crippen LogP contribution in [0.2, 0.25) is 0 Å². The standard InChI is InChI=1S/C23H18F3N5S2/c24-23(25,26)17-9-7-15(8-10-17)18-4-1-3-16-13-31(12-11-19(16)18)20-5-2-6-21(29-20)32-30-22-27-14-28-33-22/h1-10,14H,11-13H2,(H,27,28,30). The molecule has 3 heterocycles. The van der Waals surface area contributed by atoms with Crippen LogP contribution in [0.3, 0.4) is 0 Å². The van der Waals surface area contributed by atoms with Crippen LogP contribution in [0.15, 0.2) is 72.0 Å². The number of rotatable bonds is 5. The van der Waals surface area contributed by atoms with Gasteiger partial charge in [0.25, 0.3) is 0 Å². The van der Waals surface area contributed by atoms with E-state index in [0.717, 1.165) is 57.8 Å². The molecule has 0 radical (unpaired) electrons. The molecule has 2 aromatic carbocycles. The number of benzene rings is 2. The average Bonchev–Trinajstić information content (AvgIpc) is 3.35. The number of hydrogen-bond acceptors (Lipinski definition) is 7. The lowest BCUT2D eigenvalue weighted by atomic mass is 9.90. The Morgan fingerprint density at radius 2 is 1.82 bits per heavy atom. The minimum atomic E-state index is -4.33. The first-order chi connectivity index (χ1) is 16.0. The summed E-state index contributed by atoms with van der Waals surface area (Å²) in [5.74, 6) is 0.879. The fourth-order valence-electron chi connectivity index (χ4n) is 3.87. The van der Waals surface area contributed by atoms with Crippen LogP contribution >= 0.6 is 23.5 Å². The van der Waals surface area contributed by atoms with E-state index in [2.05, 4.69) is 25.0 Å². The first kappa shape index (κ1) is 21.7. The minimum absolute atomic E-state index is 0.633. The van der Waals surface area contributed by atoms with Crippen molar-refractivity contribution in [3.63, 3.8) is 0 Å². The summed E-state index contributed by atoms with van der Waals surface area (Å²) in [6.07, 6.45) is -2.04. The lowest BCUT2D eigenvalue weighted by molar-refractivity contribution is -0.137. The summed E-state index contributed by atoms with van der Waals surface area (Å²) in [6, 6.07) is 17.3. The van der Waals surface area contributed by atoms with Gasteiger partial charge in [0.2, 0.25) is 5.13 Å². The Morgan fingerprint density at radius 1 is 1.00 bits per heavy atom. The molecule has 5 rings (SSSR count). The number of halogens is 3. The zero-order valence-corrected chi connectivity index (χ0v) is 18.8. The molecule has 0 unspecified atom stereocenters. The van der Waals surface area contributed by atoms with Crippen molar-refractivity contribution in [1.82, 2.24) is 14.3 Å². The summed E-state index contributed by atoms with van der Waals surface area (Å²) in [6.45, 7) is 1.46. The van der Waals surface area contributed by atoms with Crippen molar-refractivity contribution in [3.8, 4) is 11.1 Å². The number of fused-ring (bicyclic) bond motifs is 1. The van der Waals surface area contributed by atoms with Gasteiger partial charge < -0.3 is 4.90 Å². The zero-order valence-electron chi connectivity index (χ0n) is 17.2. The van der Waals surface area contributed by atoms with E-state index in [1.165, 1.54) is 35.4 Å². The summed E-state index contributed by atoms with van der Waals surface area (Å²) < 4.78 is 45.9. The van der Waals surface area contributed by atoms with Gasteiger partial charge in [-0.2, -0.15) is 17.5 Å². The molecule has 0 atom stereocenters. The molecule has 1 N–H and O–H groups in total. The second-order valence-electron chi connectivity index (χ2n) is 7.47. The largest absolute Gasteiger partial charge is 0.416 e. The van der Waals surface area contributed by atoms with E-state index in [9.17, 15) is 13.2 Å².